The van der Waals surface area contributed by atoms with E-state index in [9.17, 15) is 8.42 Å². The van der Waals surface area contributed by atoms with Crippen LogP contribution in [0.15, 0.2) is 71.9 Å². The third-order valence-corrected chi connectivity index (χ3v) is 6.77. The van der Waals surface area contributed by atoms with E-state index in [1.807, 2.05) is 58.0 Å². The molecule has 0 aliphatic heterocycles. The molecule has 0 radical (unpaired) electrons. The van der Waals surface area contributed by atoms with E-state index in [2.05, 4.69) is 4.98 Å². The van der Waals surface area contributed by atoms with Crippen LogP contribution in [-0.2, 0) is 16.4 Å². The van der Waals surface area contributed by atoms with Crippen LogP contribution in [0.2, 0.25) is 0 Å². The van der Waals surface area contributed by atoms with Gasteiger partial charge in [-0.3, -0.25) is 9.29 Å². The Kier molecular flexibility index (Phi) is 7.33. The molecule has 0 aliphatic carbocycles. The molecular formula is C25H30N2O3S. The van der Waals surface area contributed by atoms with Crippen LogP contribution in [0.4, 0.5) is 5.69 Å². The van der Waals surface area contributed by atoms with Gasteiger partial charge in [0.1, 0.15) is 5.75 Å². The normalized spacial score (nSPS) is 11.5. The number of aryl methyl sites for hydroxylation is 2. The Hall–Kier alpha value is -2.86. The van der Waals surface area contributed by atoms with Crippen LogP contribution in [0.5, 0.6) is 5.75 Å². The fourth-order valence-electron chi connectivity index (χ4n) is 3.41. The number of aromatic nitrogens is 1. The maximum atomic E-state index is 13.5. The summed E-state index contributed by atoms with van der Waals surface area (Å²) in [5.74, 6) is 0.834. The van der Waals surface area contributed by atoms with Crippen molar-refractivity contribution >= 4 is 15.7 Å². The van der Waals surface area contributed by atoms with Crippen molar-refractivity contribution in [3.05, 3.63) is 83.7 Å². The van der Waals surface area contributed by atoms with Gasteiger partial charge in [0, 0.05) is 25.4 Å². The van der Waals surface area contributed by atoms with Crippen molar-refractivity contribution in [3.8, 4) is 5.75 Å². The van der Waals surface area contributed by atoms with E-state index >= 15 is 0 Å². The summed E-state index contributed by atoms with van der Waals surface area (Å²) in [7, 11) is -3.69. The summed E-state index contributed by atoms with van der Waals surface area (Å²) >= 11 is 0. The molecule has 0 amide bonds. The molecule has 0 aliphatic rings. The zero-order valence-corrected chi connectivity index (χ0v) is 19.4. The fourth-order valence-corrected chi connectivity index (χ4v) is 5.11. The van der Waals surface area contributed by atoms with E-state index in [4.69, 9.17) is 4.74 Å². The van der Waals surface area contributed by atoms with E-state index in [-0.39, 0.29) is 10.8 Å². The minimum Gasteiger partial charge on any atom is -0.493 e. The van der Waals surface area contributed by atoms with Gasteiger partial charge >= 0.3 is 0 Å². The summed E-state index contributed by atoms with van der Waals surface area (Å²) in [5.41, 5.74) is 3.92. The molecule has 5 nitrogen and oxygen atoms in total. The predicted molar refractivity (Wildman–Crippen MR) is 125 cm³/mol. The third-order valence-electron chi connectivity index (χ3n) is 4.97. The minimum atomic E-state index is -3.69. The molecule has 0 unspecified atom stereocenters. The Morgan fingerprint density at radius 3 is 2.26 bits per heavy atom. The van der Waals surface area contributed by atoms with Crippen molar-refractivity contribution in [2.45, 2.75) is 39.0 Å². The molecule has 31 heavy (non-hydrogen) atoms. The lowest BCUT2D eigenvalue weighted by Gasteiger charge is -2.28. The molecular weight excluding hydrogens is 408 g/mol. The maximum Gasteiger partial charge on any atom is 0.264 e. The fraction of sp³-hybridized carbons (Fsp3) is 0.320. The number of sulfonamides is 1. The van der Waals surface area contributed by atoms with Crippen LogP contribution in [0, 0.1) is 19.8 Å². The summed E-state index contributed by atoms with van der Waals surface area (Å²) < 4.78 is 34.3. The van der Waals surface area contributed by atoms with Crippen molar-refractivity contribution in [1.29, 1.82) is 0 Å². The van der Waals surface area contributed by atoms with E-state index in [0.717, 1.165) is 28.8 Å². The van der Waals surface area contributed by atoms with Gasteiger partial charge in [-0.15, -0.1) is 0 Å². The van der Waals surface area contributed by atoms with Crippen LogP contribution in [-0.4, -0.2) is 26.6 Å². The second-order valence-electron chi connectivity index (χ2n) is 8.15. The molecule has 6 heteroatoms. The molecule has 0 bridgehead atoms. The highest BCUT2D eigenvalue weighted by molar-refractivity contribution is 7.92. The topological polar surface area (TPSA) is 59.5 Å². The largest absolute Gasteiger partial charge is 0.493 e. The number of benzene rings is 2. The molecule has 0 N–H and O–H groups in total. The maximum absolute atomic E-state index is 13.5. The Bertz CT molecular complexity index is 1100. The molecule has 1 aromatic heterocycles. The molecule has 0 saturated heterocycles. The van der Waals surface area contributed by atoms with Crippen molar-refractivity contribution in [3.63, 3.8) is 0 Å². The first-order valence-electron chi connectivity index (χ1n) is 10.5. The van der Waals surface area contributed by atoms with Crippen molar-refractivity contribution in [2.24, 2.45) is 5.92 Å². The molecule has 0 spiro atoms. The molecule has 3 aromatic rings. The highest BCUT2D eigenvalue weighted by Crippen LogP contribution is 2.29. The van der Waals surface area contributed by atoms with Crippen LogP contribution in [0.3, 0.4) is 0 Å². The highest BCUT2D eigenvalue weighted by Gasteiger charge is 2.26. The Balaban J connectivity index is 1.78. The number of rotatable bonds is 9. The lowest BCUT2D eigenvalue weighted by molar-refractivity contribution is 0.321. The second kappa shape index (κ2) is 9.96. The Labute approximate surface area is 185 Å². The SMILES string of the molecule is Cc1ccc(N(CC(C)C)S(=O)(=O)c2ccc(OCCc3ccncc3)cc2)c(C)c1. The van der Waals surface area contributed by atoms with Gasteiger partial charge < -0.3 is 4.74 Å². The van der Waals surface area contributed by atoms with E-state index in [1.165, 1.54) is 4.31 Å². The first kappa shape index (κ1) is 22.8. The molecule has 3 rings (SSSR count). The molecule has 2 aromatic carbocycles. The van der Waals surface area contributed by atoms with Crippen LogP contribution in [0.25, 0.3) is 0 Å². The monoisotopic (exact) mass is 438 g/mol. The smallest absolute Gasteiger partial charge is 0.264 e. The van der Waals surface area contributed by atoms with Gasteiger partial charge in [0.05, 0.1) is 17.2 Å². The summed E-state index contributed by atoms with van der Waals surface area (Å²) in [4.78, 5) is 4.26. The number of hydrogen-bond acceptors (Lipinski definition) is 4. The quantitative estimate of drug-likeness (QED) is 0.462. The summed E-state index contributed by atoms with van der Waals surface area (Å²) in [6.45, 7) is 8.92. The van der Waals surface area contributed by atoms with Crippen LogP contribution in [0.1, 0.15) is 30.5 Å². The number of pyridine rings is 1. The van der Waals surface area contributed by atoms with E-state index in [0.29, 0.717) is 18.9 Å². The second-order valence-corrected chi connectivity index (χ2v) is 10.0. The Morgan fingerprint density at radius 1 is 0.968 bits per heavy atom. The molecule has 0 saturated carbocycles. The minimum absolute atomic E-state index is 0.186. The summed E-state index contributed by atoms with van der Waals surface area (Å²) in [6, 6.07) is 16.4. The average molecular weight is 439 g/mol. The van der Waals surface area contributed by atoms with Gasteiger partial charge in [0.15, 0.2) is 0 Å². The standard InChI is InChI=1S/C25H30N2O3S/c1-19(2)18-27(25-10-5-20(3)17-21(25)4)31(28,29)24-8-6-23(7-9-24)30-16-13-22-11-14-26-15-12-22/h5-12,14-15,17,19H,13,16,18H2,1-4H3. The van der Waals surface area contributed by atoms with Crippen LogP contribution >= 0.6 is 0 Å². The zero-order valence-electron chi connectivity index (χ0n) is 18.6. The van der Waals surface area contributed by atoms with Crippen molar-refractivity contribution < 1.29 is 13.2 Å². The molecule has 0 fully saturated rings. The molecule has 164 valence electrons. The van der Waals surface area contributed by atoms with Gasteiger partial charge in [-0.1, -0.05) is 31.5 Å². The number of hydrogen-bond donors (Lipinski definition) is 0. The number of nitrogens with zero attached hydrogens (tertiary/aromatic N) is 2. The van der Waals surface area contributed by atoms with E-state index < -0.39 is 10.0 Å². The van der Waals surface area contributed by atoms with Crippen molar-refractivity contribution in [1.82, 2.24) is 4.98 Å². The molecule has 0 atom stereocenters. The first-order valence-corrected chi connectivity index (χ1v) is 11.9. The van der Waals surface area contributed by atoms with E-state index in [1.54, 1.807) is 36.7 Å². The predicted octanol–water partition coefficient (Wildman–Crippen LogP) is 5.17. The highest BCUT2D eigenvalue weighted by atomic mass is 32.2. The van der Waals surface area contributed by atoms with Gasteiger partial charge in [-0.05, 0) is 73.4 Å². The first-order chi connectivity index (χ1) is 14.8. The lowest BCUT2D eigenvalue weighted by atomic mass is 10.1. The van der Waals surface area contributed by atoms with Gasteiger partial charge in [-0.2, -0.15) is 0 Å². The summed E-state index contributed by atoms with van der Waals surface area (Å²) in [5, 5.41) is 0. The number of ether oxygens (including phenoxy) is 1. The number of anilines is 1. The zero-order chi connectivity index (χ0) is 22.4. The van der Waals surface area contributed by atoms with Crippen LogP contribution < -0.4 is 9.04 Å². The lowest BCUT2D eigenvalue weighted by Crippen LogP contribution is -2.34. The van der Waals surface area contributed by atoms with Gasteiger partial charge in [0.2, 0.25) is 0 Å². The van der Waals surface area contributed by atoms with Gasteiger partial charge in [-0.25, -0.2) is 8.42 Å². The molecule has 1 heterocycles. The van der Waals surface area contributed by atoms with Crippen molar-refractivity contribution in [2.75, 3.05) is 17.5 Å². The Morgan fingerprint density at radius 2 is 1.65 bits per heavy atom. The summed E-state index contributed by atoms with van der Waals surface area (Å²) in [6.07, 6.45) is 4.28. The third kappa shape index (κ3) is 5.85. The average Bonchev–Trinajstić information content (AvgIpc) is 2.73. The van der Waals surface area contributed by atoms with Gasteiger partial charge in [0.25, 0.3) is 10.0 Å².